The SMILES string of the molecule is Cc1ccc(S(=O)(=O)NCc2ccccc2)cc1C(=O)N1CCC(C(=O)Nc2nncs2)CC1. The summed E-state index contributed by atoms with van der Waals surface area (Å²) in [5, 5.41) is 10.7. The van der Waals surface area contributed by atoms with Crippen molar-refractivity contribution in [1.82, 2.24) is 19.8 Å². The van der Waals surface area contributed by atoms with Gasteiger partial charge in [0.1, 0.15) is 5.51 Å². The highest BCUT2D eigenvalue weighted by molar-refractivity contribution is 7.89. The van der Waals surface area contributed by atoms with Gasteiger partial charge in [-0.05, 0) is 43.0 Å². The molecule has 4 rings (SSSR count). The maximum atomic E-state index is 13.2. The van der Waals surface area contributed by atoms with Crippen LogP contribution in [0.25, 0.3) is 0 Å². The van der Waals surface area contributed by atoms with Crippen LogP contribution in [0.2, 0.25) is 0 Å². The van der Waals surface area contributed by atoms with Crippen LogP contribution in [0.1, 0.15) is 34.3 Å². The van der Waals surface area contributed by atoms with Gasteiger partial charge < -0.3 is 10.2 Å². The Morgan fingerprint density at radius 2 is 1.85 bits per heavy atom. The van der Waals surface area contributed by atoms with Crippen molar-refractivity contribution in [3.8, 4) is 0 Å². The highest BCUT2D eigenvalue weighted by Crippen LogP contribution is 2.24. The molecule has 0 unspecified atom stereocenters. The number of piperidine rings is 1. The second-order valence-corrected chi connectivity index (χ2v) is 10.7. The van der Waals surface area contributed by atoms with E-state index >= 15 is 0 Å². The van der Waals surface area contributed by atoms with Crippen molar-refractivity contribution in [3.05, 3.63) is 70.7 Å². The Labute approximate surface area is 202 Å². The third-order valence-corrected chi connectivity index (χ3v) is 7.81. The largest absolute Gasteiger partial charge is 0.339 e. The van der Waals surface area contributed by atoms with Crippen molar-refractivity contribution in [2.75, 3.05) is 18.4 Å². The molecule has 11 heteroatoms. The van der Waals surface area contributed by atoms with E-state index in [1.165, 1.54) is 23.5 Å². The van der Waals surface area contributed by atoms with Crippen LogP contribution in [0.3, 0.4) is 0 Å². The first-order chi connectivity index (χ1) is 16.3. The second kappa shape index (κ2) is 10.4. The smallest absolute Gasteiger partial charge is 0.254 e. The molecule has 0 aliphatic carbocycles. The van der Waals surface area contributed by atoms with Gasteiger partial charge >= 0.3 is 0 Å². The van der Waals surface area contributed by atoms with E-state index in [-0.39, 0.29) is 29.2 Å². The highest BCUT2D eigenvalue weighted by Gasteiger charge is 2.29. The first-order valence-electron chi connectivity index (χ1n) is 10.8. The highest BCUT2D eigenvalue weighted by atomic mass is 32.2. The number of hydrogen-bond donors (Lipinski definition) is 2. The van der Waals surface area contributed by atoms with E-state index in [4.69, 9.17) is 0 Å². The van der Waals surface area contributed by atoms with Gasteiger partial charge in [0, 0.05) is 31.1 Å². The van der Waals surface area contributed by atoms with Gasteiger partial charge in [0.2, 0.25) is 21.1 Å². The number of benzene rings is 2. The molecule has 1 fully saturated rings. The normalized spacial score (nSPS) is 14.7. The lowest BCUT2D eigenvalue weighted by Crippen LogP contribution is -2.41. The molecule has 0 saturated carbocycles. The van der Waals surface area contributed by atoms with E-state index in [0.717, 1.165) is 5.56 Å². The first-order valence-corrected chi connectivity index (χ1v) is 13.2. The molecule has 1 saturated heterocycles. The van der Waals surface area contributed by atoms with Gasteiger partial charge in [0.05, 0.1) is 4.90 Å². The first kappa shape index (κ1) is 24.0. The number of nitrogens with zero attached hydrogens (tertiary/aromatic N) is 3. The standard InChI is InChI=1S/C23H25N5O4S2/c1-16-7-8-19(34(31,32)25-14-17-5-3-2-4-6-17)13-20(16)22(30)28-11-9-18(10-12-28)21(29)26-23-27-24-15-33-23/h2-8,13,15,18,25H,9-12,14H2,1H3,(H,26,27,29). The fourth-order valence-corrected chi connectivity index (χ4v) is 5.30. The molecule has 2 N–H and O–H groups in total. The molecule has 178 valence electrons. The Morgan fingerprint density at radius 3 is 2.53 bits per heavy atom. The minimum absolute atomic E-state index is 0.0451. The minimum atomic E-state index is -3.79. The zero-order valence-corrected chi connectivity index (χ0v) is 20.2. The Kier molecular flexibility index (Phi) is 7.35. The Morgan fingerprint density at radius 1 is 1.12 bits per heavy atom. The zero-order chi connectivity index (χ0) is 24.1. The average molecular weight is 500 g/mol. The quantitative estimate of drug-likeness (QED) is 0.516. The Bertz CT molecular complexity index is 1260. The molecule has 1 aliphatic heterocycles. The number of hydrogen-bond acceptors (Lipinski definition) is 7. The Hall–Kier alpha value is -3.15. The van der Waals surface area contributed by atoms with Crippen LogP contribution in [0.4, 0.5) is 5.13 Å². The van der Waals surface area contributed by atoms with Crippen LogP contribution in [-0.2, 0) is 21.4 Å². The number of likely N-dealkylation sites (tertiary alicyclic amines) is 1. The number of aromatic nitrogens is 2. The summed E-state index contributed by atoms with van der Waals surface area (Å²) < 4.78 is 28.2. The Balaban J connectivity index is 1.40. The molecule has 3 aromatic rings. The minimum Gasteiger partial charge on any atom is -0.339 e. The van der Waals surface area contributed by atoms with Crippen molar-refractivity contribution in [2.45, 2.75) is 31.2 Å². The second-order valence-electron chi connectivity index (χ2n) is 8.09. The van der Waals surface area contributed by atoms with Gasteiger partial charge in [-0.3, -0.25) is 9.59 Å². The van der Waals surface area contributed by atoms with E-state index in [2.05, 4.69) is 20.2 Å². The maximum Gasteiger partial charge on any atom is 0.254 e. The summed E-state index contributed by atoms with van der Waals surface area (Å²) in [7, 11) is -3.79. The van der Waals surface area contributed by atoms with Crippen LogP contribution >= 0.6 is 11.3 Å². The molecule has 1 aliphatic rings. The summed E-state index contributed by atoms with van der Waals surface area (Å²) in [6.07, 6.45) is 1.04. The third-order valence-electron chi connectivity index (χ3n) is 5.80. The van der Waals surface area contributed by atoms with E-state index < -0.39 is 10.0 Å². The van der Waals surface area contributed by atoms with Gasteiger partial charge in [-0.25, -0.2) is 13.1 Å². The lowest BCUT2D eigenvalue weighted by molar-refractivity contribution is -0.121. The van der Waals surface area contributed by atoms with Gasteiger partial charge in [-0.2, -0.15) is 0 Å². The number of nitrogens with one attached hydrogen (secondary N) is 2. The summed E-state index contributed by atoms with van der Waals surface area (Å²) in [6, 6.07) is 13.8. The lowest BCUT2D eigenvalue weighted by atomic mass is 9.95. The van der Waals surface area contributed by atoms with Crippen LogP contribution in [0.5, 0.6) is 0 Å². The van der Waals surface area contributed by atoms with E-state index in [1.807, 2.05) is 30.3 Å². The molecular formula is C23H25N5O4S2. The third kappa shape index (κ3) is 5.66. The van der Waals surface area contributed by atoms with Crippen molar-refractivity contribution < 1.29 is 18.0 Å². The topological polar surface area (TPSA) is 121 Å². The van der Waals surface area contributed by atoms with Crippen molar-refractivity contribution in [3.63, 3.8) is 0 Å². The zero-order valence-electron chi connectivity index (χ0n) is 18.6. The van der Waals surface area contributed by atoms with E-state index in [9.17, 15) is 18.0 Å². The molecule has 0 radical (unpaired) electrons. The van der Waals surface area contributed by atoms with Crippen molar-refractivity contribution in [1.29, 1.82) is 0 Å². The summed E-state index contributed by atoms with van der Waals surface area (Å²) in [5.41, 5.74) is 3.43. The summed E-state index contributed by atoms with van der Waals surface area (Å²) in [5.74, 6) is -0.582. The molecular weight excluding hydrogens is 474 g/mol. The summed E-state index contributed by atoms with van der Waals surface area (Å²) in [4.78, 5) is 27.4. The van der Waals surface area contributed by atoms with Crippen LogP contribution < -0.4 is 10.0 Å². The predicted octanol–water partition coefficient (Wildman–Crippen LogP) is 2.82. The molecule has 34 heavy (non-hydrogen) atoms. The number of anilines is 1. The van der Waals surface area contributed by atoms with E-state index in [0.29, 0.717) is 42.2 Å². The molecule has 2 amide bonds. The molecule has 9 nitrogen and oxygen atoms in total. The number of rotatable bonds is 7. The number of amides is 2. The molecule has 0 bridgehead atoms. The predicted molar refractivity (Wildman–Crippen MR) is 129 cm³/mol. The van der Waals surface area contributed by atoms with E-state index in [1.54, 1.807) is 23.4 Å². The fourth-order valence-electron chi connectivity index (χ4n) is 3.81. The molecule has 1 aromatic heterocycles. The summed E-state index contributed by atoms with van der Waals surface area (Å²) in [6.45, 7) is 2.77. The number of carbonyl (C=O) groups excluding carboxylic acids is 2. The maximum absolute atomic E-state index is 13.2. The van der Waals surface area contributed by atoms with Crippen LogP contribution in [0.15, 0.2) is 58.9 Å². The number of aryl methyl sites for hydroxylation is 1. The van der Waals surface area contributed by atoms with Gasteiger partial charge in [0.25, 0.3) is 5.91 Å². The van der Waals surface area contributed by atoms with Gasteiger partial charge in [0.15, 0.2) is 0 Å². The van der Waals surface area contributed by atoms with Gasteiger partial charge in [-0.1, -0.05) is 47.7 Å². The van der Waals surface area contributed by atoms with Crippen LogP contribution in [0, 0.1) is 12.8 Å². The summed E-state index contributed by atoms with van der Waals surface area (Å²) >= 11 is 1.25. The van der Waals surface area contributed by atoms with Crippen molar-refractivity contribution >= 4 is 38.3 Å². The molecule has 0 spiro atoms. The number of sulfonamides is 1. The lowest BCUT2D eigenvalue weighted by Gasteiger charge is -2.31. The monoisotopic (exact) mass is 499 g/mol. The van der Waals surface area contributed by atoms with Crippen molar-refractivity contribution in [2.24, 2.45) is 5.92 Å². The van der Waals surface area contributed by atoms with Gasteiger partial charge in [-0.15, -0.1) is 10.2 Å². The molecule has 2 aromatic carbocycles. The average Bonchev–Trinajstić information content (AvgIpc) is 3.36. The molecule has 2 heterocycles. The van der Waals surface area contributed by atoms with Crippen LogP contribution in [-0.4, -0.2) is 48.4 Å². The number of carbonyl (C=O) groups is 2. The fraction of sp³-hybridized carbons (Fsp3) is 0.304. The molecule has 0 atom stereocenters.